The molecule has 2 aromatic rings. The number of rotatable bonds is 3. The summed E-state index contributed by atoms with van der Waals surface area (Å²) in [5, 5.41) is 2.41. The smallest absolute Gasteiger partial charge is 0.228 e. The maximum atomic E-state index is 13.5. The molecule has 0 aromatic heterocycles. The molecule has 1 N–H and O–H groups in total. The minimum Gasteiger partial charge on any atom is -0.323 e. The molecule has 0 aliphatic heterocycles. The van der Waals surface area contributed by atoms with Crippen molar-refractivity contribution in [2.75, 3.05) is 5.32 Å². The number of aryl methyl sites for hydroxylation is 2. The predicted molar refractivity (Wildman–Crippen MR) is 77.2 cm³/mol. The van der Waals surface area contributed by atoms with Crippen LogP contribution in [0.25, 0.3) is 0 Å². The van der Waals surface area contributed by atoms with Gasteiger partial charge < -0.3 is 5.32 Å². The number of anilines is 1. The molecule has 1 aliphatic rings. The van der Waals surface area contributed by atoms with E-state index in [9.17, 15) is 13.6 Å². The summed E-state index contributed by atoms with van der Waals surface area (Å²) in [5.41, 5.74) is 3.40. The maximum Gasteiger partial charge on any atom is 0.228 e. The topological polar surface area (TPSA) is 29.1 Å². The lowest BCUT2D eigenvalue weighted by molar-refractivity contribution is -0.115. The van der Waals surface area contributed by atoms with Gasteiger partial charge in [0.2, 0.25) is 5.91 Å². The van der Waals surface area contributed by atoms with E-state index in [0.717, 1.165) is 43.0 Å². The molecular formula is C17H15F2NO. The minimum atomic E-state index is -0.640. The summed E-state index contributed by atoms with van der Waals surface area (Å²) in [7, 11) is 0. The van der Waals surface area contributed by atoms with Crippen molar-refractivity contribution in [3.8, 4) is 0 Å². The zero-order valence-corrected chi connectivity index (χ0v) is 11.5. The van der Waals surface area contributed by atoms with E-state index in [0.29, 0.717) is 0 Å². The lowest BCUT2D eigenvalue weighted by Crippen LogP contribution is -2.15. The van der Waals surface area contributed by atoms with Gasteiger partial charge in [-0.05, 0) is 48.1 Å². The van der Waals surface area contributed by atoms with Crippen molar-refractivity contribution in [1.29, 1.82) is 0 Å². The average Bonchev–Trinajstić information content (AvgIpc) is 2.90. The van der Waals surface area contributed by atoms with Crippen LogP contribution in [0.2, 0.25) is 0 Å². The monoisotopic (exact) mass is 287 g/mol. The highest BCUT2D eigenvalue weighted by Gasteiger charge is 2.13. The Morgan fingerprint density at radius 3 is 2.71 bits per heavy atom. The van der Waals surface area contributed by atoms with Gasteiger partial charge in [0.05, 0.1) is 12.1 Å². The van der Waals surface area contributed by atoms with E-state index in [-0.39, 0.29) is 18.0 Å². The molecule has 0 atom stereocenters. The normalized spacial score (nSPS) is 13.0. The molecule has 0 heterocycles. The Kier molecular flexibility index (Phi) is 3.69. The third-order valence-corrected chi connectivity index (χ3v) is 3.73. The molecule has 3 rings (SSSR count). The summed E-state index contributed by atoms with van der Waals surface area (Å²) < 4.78 is 26.5. The second-order valence-corrected chi connectivity index (χ2v) is 5.31. The molecule has 4 heteroatoms. The molecule has 0 bridgehead atoms. The van der Waals surface area contributed by atoms with E-state index >= 15 is 0 Å². The van der Waals surface area contributed by atoms with Gasteiger partial charge in [0.1, 0.15) is 11.6 Å². The van der Waals surface area contributed by atoms with Gasteiger partial charge in [0, 0.05) is 6.07 Å². The fourth-order valence-electron chi connectivity index (χ4n) is 2.71. The molecule has 108 valence electrons. The van der Waals surface area contributed by atoms with Crippen molar-refractivity contribution in [1.82, 2.24) is 0 Å². The summed E-state index contributed by atoms with van der Waals surface area (Å²) >= 11 is 0. The van der Waals surface area contributed by atoms with E-state index in [1.807, 2.05) is 18.2 Å². The van der Waals surface area contributed by atoms with Gasteiger partial charge in [-0.3, -0.25) is 4.79 Å². The zero-order chi connectivity index (χ0) is 14.8. The highest BCUT2D eigenvalue weighted by Crippen LogP contribution is 2.23. The van der Waals surface area contributed by atoms with E-state index < -0.39 is 11.6 Å². The molecule has 1 amide bonds. The lowest BCUT2D eigenvalue weighted by atomic mass is 10.0. The van der Waals surface area contributed by atoms with Crippen LogP contribution in [-0.2, 0) is 24.1 Å². The number of halogens is 2. The Balaban J connectivity index is 1.70. The van der Waals surface area contributed by atoms with Crippen LogP contribution in [0.1, 0.15) is 23.1 Å². The third kappa shape index (κ3) is 3.10. The number of benzene rings is 2. The highest BCUT2D eigenvalue weighted by molar-refractivity contribution is 5.92. The molecular weight excluding hydrogens is 272 g/mol. The maximum absolute atomic E-state index is 13.5. The first kappa shape index (κ1) is 13.7. The van der Waals surface area contributed by atoms with Crippen molar-refractivity contribution < 1.29 is 13.6 Å². The predicted octanol–water partition coefficient (Wildman–Crippen LogP) is 3.63. The number of nitrogens with one attached hydrogen (secondary N) is 1. The van der Waals surface area contributed by atoms with Crippen molar-refractivity contribution in [2.24, 2.45) is 0 Å². The molecule has 2 aromatic carbocycles. The van der Waals surface area contributed by atoms with Gasteiger partial charge in [-0.15, -0.1) is 0 Å². The zero-order valence-electron chi connectivity index (χ0n) is 11.5. The Hall–Kier alpha value is -2.23. The lowest BCUT2D eigenvalue weighted by Gasteiger charge is -2.08. The van der Waals surface area contributed by atoms with Crippen molar-refractivity contribution in [2.45, 2.75) is 25.7 Å². The summed E-state index contributed by atoms with van der Waals surface area (Å²) in [5.74, 6) is -1.57. The first-order chi connectivity index (χ1) is 10.1. The van der Waals surface area contributed by atoms with Gasteiger partial charge in [-0.25, -0.2) is 8.78 Å². The van der Waals surface area contributed by atoms with Crippen LogP contribution in [0.5, 0.6) is 0 Å². The number of hydrogen-bond donors (Lipinski definition) is 1. The van der Waals surface area contributed by atoms with E-state index in [2.05, 4.69) is 5.32 Å². The molecule has 21 heavy (non-hydrogen) atoms. The third-order valence-electron chi connectivity index (χ3n) is 3.73. The highest BCUT2D eigenvalue weighted by atomic mass is 19.1. The Morgan fingerprint density at radius 1 is 1.05 bits per heavy atom. The molecule has 0 saturated carbocycles. The van der Waals surface area contributed by atoms with Gasteiger partial charge in [-0.1, -0.05) is 18.2 Å². The molecule has 0 saturated heterocycles. The summed E-state index contributed by atoms with van der Waals surface area (Å²) in [6.45, 7) is 0. The fraction of sp³-hybridized carbons (Fsp3) is 0.235. The second-order valence-electron chi connectivity index (χ2n) is 5.31. The average molecular weight is 287 g/mol. The molecule has 0 spiro atoms. The SMILES string of the molecule is O=C(Cc1ccc2c(c1)CCC2)Nc1cc(F)ccc1F. The first-order valence-corrected chi connectivity index (χ1v) is 6.97. The van der Waals surface area contributed by atoms with Gasteiger partial charge in [0.25, 0.3) is 0 Å². The van der Waals surface area contributed by atoms with Gasteiger partial charge in [-0.2, -0.15) is 0 Å². The summed E-state index contributed by atoms with van der Waals surface area (Å²) in [6, 6.07) is 9.00. The van der Waals surface area contributed by atoms with Crippen LogP contribution < -0.4 is 5.32 Å². The Morgan fingerprint density at radius 2 is 1.86 bits per heavy atom. The van der Waals surface area contributed by atoms with Crippen LogP contribution in [0.4, 0.5) is 14.5 Å². The fourth-order valence-corrected chi connectivity index (χ4v) is 2.71. The van der Waals surface area contributed by atoms with Crippen molar-refractivity contribution >= 4 is 11.6 Å². The van der Waals surface area contributed by atoms with Crippen LogP contribution in [0, 0.1) is 11.6 Å². The van der Waals surface area contributed by atoms with E-state index in [4.69, 9.17) is 0 Å². The number of hydrogen-bond acceptors (Lipinski definition) is 1. The Labute approximate surface area is 121 Å². The molecule has 0 radical (unpaired) electrons. The first-order valence-electron chi connectivity index (χ1n) is 6.97. The molecule has 2 nitrogen and oxygen atoms in total. The number of carbonyl (C=O) groups excluding carboxylic acids is 1. The van der Waals surface area contributed by atoms with E-state index in [1.165, 1.54) is 11.1 Å². The Bertz CT molecular complexity index is 697. The van der Waals surface area contributed by atoms with Gasteiger partial charge >= 0.3 is 0 Å². The molecule has 0 fully saturated rings. The second kappa shape index (κ2) is 5.64. The van der Waals surface area contributed by atoms with Crippen LogP contribution in [0.15, 0.2) is 36.4 Å². The number of amides is 1. The van der Waals surface area contributed by atoms with Crippen LogP contribution in [0.3, 0.4) is 0 Å². The quantitative estimate of drug-likeness (QED) is 0.917. The summed E-state index contributed by atoms with van der Waals surface area (Å²) in [6.07, 6.45) is 3.45. The minimum absolute atomic E-state index is 0.124. The van der Waals surface area contributed by atoms with E-state index in [1.54, 1.807) is 0 Å². The van der Waals surface area contributed by atoms with Crippen molar-refractivity contribution in [3.05, 3.63) is 64.7 Å². The number of fused-ring (bicyclic) bond motifs is 1. The van der Waals surface area contributed by atoms with Crippen LogP contribution >= 0.6 is 0 Å². The molecule has 0 unspecified atom stereocenters. The van der Waals surface area contributed by atoms with Crippen molar-refractivity contribution in [3.63, 3.8) is 0 Å². The summed E-state index contributed by atoms with van der Waals surface area (Å²) in [4.78, 5) is 11.9. The number of carbonyl (C=O) groups is 1. The van der Waals surface area contributed by atoms with Gasteiger partial charge in [0.15, 0.2) is 0 Å². The van der Waals surface area contributed by atoms with Crippen LogP contribution in [-0.4, -0.2) is 5.91 Å². The molecule has 1 aliphatic carbocycles. The largest absolute Gasteiger partial charge is 0.323 e. The standard InChI is InChI=1S/C17H15F2NO/c18-14-6-7-15(19)16(10-14)20-17(21)9-11-4-5-12-2-1-3-13(12)8-11/h4-8,10H,1-3,9H2,(H,20,21).